The molecular weight excluding hydrogens is 262 g/mol. The highest BCUT2D eigenvalue weighted by Crippen LogP contribution is 2.24. The first kappa shape index (κ1) is 13.8. The fraction of sp³-hybridized carbons (Fsp3) is 0.250. The molecule has 0 aromatic carbocycles. The number of aliphatic hydroxyl groups is 1. The third-order valence-electron chi connectivity index (χ3n) is 2.59. The van der Waals surface area contributed by atoms with Crippen LogP contribution in [0.3, 0.4) is 0 Å². The van der Waals surface area contributed by atoms with Crippen molar-refractivity contribution in [1.82, 2.24) is 15.0 Å². The lowest BCUT2D eigenvalue weighted by Gasteiger charge is -2.14. The van der Waals surface area contributed by atoms with Crippen LogP contribution in [-0.2, 0) is 5.60 Å². The summed E-state index contributed by atoms with van der Waals surface area (Å²) in [6, 6.07) is 2.75. The fourth-order valence-electron chi connectivity index (χ4n) is 1.56. The van der Waals surface area contributed by atoms with Gasteiger partial charge in [0.1, 0.15) is 5.60 Å². The number of nitrogens with two attached hydrogens (primary N) is 1. The normalized spacial score (nSPS) is 11.3. The summed E-state index contributed by atoms with van der Waals surface area (Å²) in [5, 5.41) is 20.4. The molecule has 0 saturated heterocycles. The molecule has 0 spiro atoms. The molecule has 0 radical (unpaired) electrons. The SMILES string of the molecule is CC(C)(O)c1ncc(-c2ccc([N+](=O)[O-])c(N)n2)cn1. The highest BCUT2D eigenvalue weighted by molar-refractivity contribution is 5.64. The summed E-state index contributed by atoms with van der Waals surface area (Å²) in [6.45, 7) is 3.15. The molecule has 0 aliphatic carbocycles. The first-order valence-electron chi connectivity index (χ1n) is 5.75. The van der Waals surface area contributed by atoms with Gasteiger partial charge in [-0.3, -0.25) is 10.1 Å². The summed E-state index contributed by atoms with van der Waals surface area (Å²) in [7, 11) is 0. The van der Waals surface area contributed by atoms with Gasteiger partial charge in [0, 0.05) is 24.0 Å². The summed E-state index contributed by atoms with van der Waals surface area (Å²) in [4.78, 5) is 22.1. The smallest absolute Gasteiger partial charge is 0.311 e. The number of hydrogen-bond donors (Lipinski definition) is 2. The minimum atomic E-state index is -1.14. The number of anilines is 1. The van der Waals surface area contributed by atoms with E-state index in [2.05, 4.69) is 15.0 Å². The number of nitrogen functional groups attached to an aromatic ring is 1. The van der Waals surface area contributed by atoms with Crippen molar-refractivity contribution in [1.29, 1.82) is 0 Å². The summed E-state index contributed by atoms with van der Waals surface area (Å²) in [5.41, 5.74) is 5.12. The van der Waals surface area contributed by atoms with Crippen molar-refractivity contribution in [2.75, 3.05) is 5.73 Å². The topological polar surface area (TPSA) is 128 Å². The number of aromatic nitrogens is 3. The van der Waals surface area contributed by atoms with Gasteiger partial charge in [-0.1, -0.05) is 0 Å². The average Bonchev–Trinajstić information content (AvgIpc) is 2.37. The Bertz CT molecular complexity index is 649. The van der Waals surface area contributed by atoms with Gasteiger partial charge in [0.15, 0.2) is 5.82 Å². The maximum Gasteiger partial charge on any atom is 0.311 e. The molecule has 3 N–H and O–H groups in total. The molecule has 0 unspecified atom stereocenters. The van der Waals surface area contributed by atoms with E-state index in [0.29, 0.717) is 11.3 Å². The van der Waals surface area contributed by atoms with E-state index in [1.165, 1.54) is 24.5 Å². The third-order valence-corrected chi connectivity index (χ3v) is 2.59. The highest BCUT2D eigenvalue weighted by atomic mass is 16.6. The van der Waals surface area contributed by atoms with Crippen LogP contribution in [0.4, 0.5) is 11.5 Å². The minimum absolute atomic E-state index is 0.168. The van der Waals surface area contributed by atoms with Gasteiger partial charge < -0.3 is 10.8 Å². The Kier molecular flexibility index (Phi) is 3.33. The predicted octanol–water partition coefficient (Wildman–Crippen LogP) is 1.26. The zero-order valence-corrected chi connectivity index (χ0v) is 10.9. The zero-order chi connectivity index (χ0) is 14.9. The average molecular weight is 275 g/mol. The number of pyridine rings is 1. The Morgan fingerprint density at radius 1 is 1.30 bits per heavy atom. The van der Waals surface area contributed by atoms with Crippen LogP contribution in [-0.4, -0.2) is 25.0 Å². The van der Waals surface area contributed by atoms with Crippen LogP contribution >= 0.6 is 0 Å². The maximum atomic E-state index is 10.7. The van der Waals surface area contributed by atoms with Gasteiger partial charge >= 0.3 is 5.69 Å². The van der Waals surface area contributed by atoms with E-state index in [9.17, 15) is 15.2 Å². The molecule has 104 valence electrons. The van der Waals surface area contributed by atoms with Gasteiger partial charge in [-0.2, -0.15) is 0 Å². The molecule has 2 rings (SSSR count). The molecule has 0 aliphatic heterocycles. The molecule has 0 fully saturated rings. The monoisotopic (exact) mass is 275 g/mol. The fourth-order valence-corrected chi connectivity index (χ4v) is 1.56. The Balaban J connectivity index is 2.37. The van der Waals surface area contributed by atoms with Crippen LogP contribution in [0.5, 0.6) is 0 Å². The van der Waals surface area contributed by atoms with Crippen LogP contribution < -0.4 is 5.73 Å². The maximum absolute atomic E-state index is 10.7. The largest absolute Gasteiger partial charge is 0.382 e. The first-order chi connectivity index (χ1) is 9.29. The van der Waals surface area contributed by atoms with Crippen molar-refractivity contribution in [3.63, 3.8) is 0 Å². The van der Waals surface area contributed by atoms with Gasteiger partial charge in [-0.25, -0.2) is 15.0 Å². The lowest BCUT2D eigenvalue weighted by atomic mass is 10.1. The molecule has 2 heterocycles. The molecule has 20 heavy (non-hydrogen) atoms. The van der Waals surface area contributed by atoms with E-state index in [-0.39, 0.29) is 17.3 Å². The van der Waals surface area contributed by atoms with Crippen LogP contribution in [0.25, 0.3) is 11.3 Å². The molecule has 0 atom stereocenters. The lowest BCUT2D eigenvalue weighted by Crippen LogP contribution is -2.19. The number of rotatable bonds is 3. The van der Waals surface area contributed by atoms with Crippen molar-refractivity contribution in [2.45, 2.75) is 19.4 Å². The molecule has 0 amide bonds. The van der Waals surface area contributed by atoms with Gasteiger partial charge in [0.05, 0.1) is 10.6 Å². The number of nitro groups is 1. The molecule has 8 nitrogen and oxygen atoms in total. The van der Waals surface area contributed by atoms with Crippen molar-refractivity contribution in [2.24, 2.45) is 0 Å². The number of hydrogen-bond acceptors (Lipinski definition) is 7. The predicted molar refractivity (Wildman–Crippen MR) is 71.6 cm³/mol. The number of nitrogens with zero attached hydrogens (tertiary/aromatic N) is 4. The van der Waals surface area contributed by atoms with Crippen molar-refractivity contribution >= 4 is 11.5 Å². The Morgan fingerprint density at radius 2 is 1.90 bits per heavy atom. The zero-order valence-electron chi connectivity index (χ0n) is 10.9. The van der Waals surface area contributed by atoms with Crippen LogP contribution in [0, 0.1) is 10.1 Å². The quantitative estimate of drug-likeness (QED) is 0.637. The van der Waals surface area contributed by atoms with Crippen molar-refractivity contribution < 1.29 is 10.0 Å². The summed E-state index contributed by atoms with van der Waals surface area (Å²) in [5.74, 6) is 0.107. The van der Waals surface area contributed by atoms with E-state index in [4.69, 9.17) is 5.73 Å². The van der Waals surface area contributed by atoms with E-state index < -0.39 is 10.5 Å². The minimum Gasteiger partial charge on any atom is -0.382 e. The van der Waals surface area contributed by atoms with E-state index in [0.717, 1.165) is 0 Å². The lowest BCUT2D eigenvalue weighted by molar-refractivity contribution is -0.384. The van der Waals surface area contributed by atoms with Gasteiger partial charge in [0.25, 0.3) is 0 Å². The first-order valence-corrected chi connectivity index (χ1v) is 5.75. The summed E-state index contributed by atoms with van der Waals surface area (Å²) >= 11 is 0. The second-order valence-corrected chi connectivity index (χ2v) is 4.71. The van der Waals surface area contributed by atoms with Crippen LogP contribution in [0.1, 0.15) is 19.7 Å². The molecule has 2 aromatic heterocycles. The van der Waals surface area contributed by atoms with Gasteiger partial charge in [0.2, 0.25) is 5.82 Å². The summed E-state index contributed by atoms with van der Waals surface area (Å²) in [6.07, 6.45) is 2.96. The third kappa shape index (κ3) is 2.69. The Hall–Kier alpha value is -2.61. The van der Waals surface area contributed by atoms with E-state index >= 15 is 0 Å². The molecule has 0 aliphatic rings. The van der Waals surface area contributed by atoms with Crippen molar-refractivity contribution in [3.8, 4) is 11.3 Å². The molecule has 2 aromatic rings. The Labute approximate surface area is 114 Å². The molecule has 8 heteroatoms. The Morgan fingerprint density at radius 3 is 2.35 bits per heavy atom. The van der Waals surface area contributed by atoms with Gasteiger partial charge in [-0.05, 0) is 19.9 Å². The van der Waals surface area contributed by atoms with Crippen LogP contribution in [0.15, 0.2) is 24.5 Å². The van der Waals surface area contributed by atoms with Crippen LogP contribution in [0.2, 0.25) is 0 Å². The molecule has 0 saturated carbocycles. The standard InChI is InChI=1S/C12H13N5O3/c1-12(2,18)11-14-5-7(6-15-11)8-3-4-9(17(19)20)10(13)16-8/h3-6,18H,1-2H3,(H2,13,16). The molecule has 0 bridgehead atoms. The molecular formula is C12H13N5O3. The second kappa shape index (κ2) is 4.82. The summed E-state index contributed by atoms with van der Waals surface area (Å²) < 4.78 is 0. The van der Waals surface area contributed by atoms with Crippen molar-refractivity contribution in [3.05, 3.63) is 40.5 Å². The second-order valence-electron chi connectivity index (χ2n) is 4.71. The van der Waals surface area contributed by atoms with E-state index in [1.54, 1.807) is 13.8 Å². The van der Waals surface area contributed by atoms with E-state index in [1.807, 2.05) is 0 Å². The highest BCUT2D eigenvalue weighted by Gasteiger charge is 2.20. The van der Waals surface area contributed by atoms with Gasteiger partial charge in [-0.15, -0.1) is 0 Å².